The van der Waals surface area contributed by atoms with Crippen LogP contribution in [0.2, 0.25) is 0 Å². The number of hydrogen-bond donors (Lipinski definition) is 0. The number of nitrogens with zero attached hydrogens (tertiary/aromatic N) is 2. The Balaban J connectivity index is 1.04. The van der Waals surface area contributed by atoms with Gasteiger partial charge in [0.15, 0.2) is 0 Å². The number of aromatic nitrogens is 1. The summed E-state index contributed by atoms with van der Waals surface area (Å²) in [6.45, 7) is 9.08. The fraction of sp³-hybridized carbons (Fsp3) is 0.0943. The van der Waals surface area contributed by atoms with Gasteiger partial charge in [0.05, 0.1) is 11.0 Å². The van der Waals surface area contributed by atoms with Gasteiger partial charge >= 0.3 is 0 Å². The standard InChI is InChI=1S/C53H40N2S/c1-33-27-34(2)29-40(28-33)55-49-15-9-6-12-43(49)45-30-36(19-25-50(45)55)35-17-20-37(21-18-35)54(38-23-26-52-46(31-38)44-13-7-10-16-51(44)56-52)39-22-24-42-41-11-5-8-14-47(41)53(3,4)48(42)32-39/h5-32H,1-4H3. The Kier molecular flexibility index (Phi) is 7.24. The van der Waals surface area contributed by atoms with Crippen LogP contribution in [0.15, 0.2) is 170 Å². The molecule has 8 aromatic carbocycles. The smallest absolute Gasteiger partial charge is 0.0541 e. The van der Waals surface area contributed by atoms with Gasteiger partial charge in [0.2, 0.25) is 0 Å². The number of thiophene rings is 1. The Bertz CT molecular complexity index is 3170. The molecule has 56 heavy (non-hydrogen) atoms. The summed E-state index contributed by atoms with van der Waals surface area (Å²) in [6, 6.07) is 63.4. The molecule has 0 N–H and O–H groups in total. The van der Waals surface area contributed by atoms with E-state index in [0.717, 1.165) is 17.1 Å². The average molecular weight is 737 g/mol. The first-order chi connectivity index (χ1) is 27.3. The predicted molar refractivity (Wildman–Crippen MR) is 241 cm³/mol. The van der Waals surface area contributed by atoms with E-state index < -0.39 is 0 Å². The van der Waals surface area contributed by atoms with E-state index >= 15 is 0 Å². The van der Waals surface area contributed by atoms with Gasteiger partial charge in [-0.1, -0.05) is 105 Å². The second-order valence-corrected chi connectivity index (χ2v) is 17.1. The monoisotopic (exact) mass is 736 g/mol. The molecule has 2 nitrogen and oxygen atoms in total. The first kappa shape index (κ1) is 33.0. The lowest BCUT2D eigenvalue weighted by molar-refractivity contribution is 0.660. The van der Waals surface area contributed by atoms with E-state index in [1.807, 2.05) is 11.3 Å². The summed E-state index contributed by atoms with van der Waals surface area (Å²) in [4.78, 5) is 2.44. The van der Waals surface area contributed by atoms with Crippen LogP contribution in [0.3, 0.4) is 0 Å². The molecule has 2 aromatic heterocycles. The Labute approximate surface area is 331 Å². The van der Waals surface area contributed by atoms with Crippen LogP contribution in [0.4, 0.5) is 17.1 Å². The van der Waals surface area contributed by atoms with Crippen LogP contribution < -0.4 is 4.90 Å². The molecule has 2 heterocycles. The van der Waals surface area contributed by atoms with Crippen molar-refractivity contribution >= 4 is 70.4 Å². The lowest BCUT2D eigenvalue weighted by atomic mass is 9.82. The highest BCUT2D eigenvalue weighted by Crippen LogP contribution is 2.51. The zero-order chi connectivity index (χ0) is 37.7. The predicted octanol–water partition coefficient (Wildman–Crippen LogP) is 15.2. The second-order valence-electron chi connectivity index (χ2n) is 16.0. The van der Waals surface area contributed by atoms with E-state index in [1.54, 1.807) is 0 Å². The molecule has 0 saturated heterocycles. The van der Waals surface area contributed by atoms with Gasteiger partial charge in [-0.15, -0.1) is 11.3 Å². The summed E-state index contributed by atoms with van der Waals surface area (Å²) in [5.41, 5.74) is 17.4. The first-order valence-electron chi connectivity index (χ1n) is 19.5. The van der Waals surface area contributed by atoms with Crippen molar-refractivity contribution in [3.05, 3.63) is 192 Å². The summed E-state index contributed by atoms with van der Waals surface area (Å²) < 4.78 is 5.05. The largest absolute Gasteiger partial charge is 0.310 e. The Morgan fingerprint density at radius 2 is 1.07 bits per heavy atom. The lowest BCUT2D eigenvalue weighted by Gasteiger charge is -2.28. The number of hydrogen-bond acceptors (Lipinski definition) is 2. The highest BCUT2D eigenvalue weighted by Gasteiger charge is 2.35. The number of benzene rings is 8. The fourth-order valence-corrected chi connectivity index (χ4v) is 10.5. The topological polar surface area (TPSA) is 8.17 Å². The molecule has 0 amide bonds. The van der Waals surface area contributed by atoms with E-state index in [1.165, 1.54) is 92.2 Å². The van der Waals surface area contributed by atoms with Crippen LogP contribution >= 0.6 is 11.3 Å². The van der Waals surface area contributed by atoms with Crippen molar-refractivity contribution < 1.29 is 0 Å². The number of anilines is 3. The highest BCUT2D eigenvalue weighted by atomic mass is 32.1. The second kappa shape index (κ2) is 12.3. The van der Waals surface area contributed by atoms with Gasteiger partial charge in [-0.25, -0.2) is 0 Å². The van der Waals surface area contributed by atoms with Crippen molar-refractivity contribution in [1.29, 1.82) is 0 Å². The summed E-state index contributed by atoms with van der Waals surface area (Å²) in [5.74, 6) is 0. The summed E-state index contributed by atoms with van der Waals surface area (Å²) in [7, 11) is 0. The van der Waals surface area contributed by atoms with Crippen molar-refractivity contribution in [3.63, 3.8) is 0 Å². The maximum absolute atomic E-state index is 2.44. The van der Waals surface area contributed by atoms with E-state index in [0.29, 0.717) is 0 Å². The summed E-state index contributed by atoms with van der Waals surface area (Å²) >= 11 is 1.86. The molecule has 0 spiro atoms. The fourth-order valence-electron chi connectivity index (χ4n) is 9.45. The summed E-state index contributed by atoms with van der Waals surface area (Å²) in [5, 5.41) is 5.14. The van der Waals surface area contributed by atoms with Crippen molar-refractivity contribution in [2.75, 3.05) is 4.90 Å². The van der Waals surface area contributed by atoms with E-state index in [2.05, 4.69) is 207 Å². The van der Waals surface area contributed by atoms with Crippen LogP contribution in [0.5, 0.6) is 0 Å². The zero-order valence-corrected chi connectivity index (χ0v) is 32.8. The molecule has 1 aliphatic carbocycles. The third kappa shape index (κ3) is 5.01. The molecule has 0 saturated carbocycles. The van der Waals surface area contributed by atoms with Gasteiger partial charge in [0, 0.05) is 59.1 Å². The molecule has 10 aromatic rings. The maximum atomic E-state index is 2.44. The van der Waals surface area contributed by atoms with Crippen LogP contribution in [0.25, 0.3) is 69.9 Å². The van der Waals surface area contributed by atoms with Crippen molar-refractivity contribution in [2.24, 2.45) is 0 Å². The molecule has 0 aliphatic heterocycles. The van der Waals surface area contributed by atoms with Gasteiger partial charge in [-0.05, 0) is 137 Å². The SMILES string of the molecule is Cc1cc(C)cc(-n2c3ccccc3c3cc(-c4ccc(N(c5ccc6c(c5)C(C)(C)c5ccccc5-6)c5ccc6sc7ccccc7c6c5)cc4)ccc32)c1. The molecule has 0 bridgehead atoms. The molecule has 268 valence electrons. The normalized spacial score (nSPS) is 13.1. The number of aryl methyl sites for hydroxylation is 2. The first-order valence-corrected chi connectivity index (χ1v) is 20.3. The van der Waals surface area contributed by atoms with Crippen LogP contribution in [0, 0.1) is 13.8 Å². The third-order valence-electron chi connectivity index (χ3n) is 12.0. The van der Waals surface area contributed by atoms with E-state index in [4.69, 9.17) is 0 Å². The molecular formula is C53H40N2S. The van der Waals surface area contributed by atoms with Gasteiger partial charge < -0.3 is 9.47 Å². The van der Waals surface area contributed by atoms with Gasteiger partial charge in [0.25, 0.3) is 0 Å². The van der Waals surface area contributed by atoms with E-state index in [9.17, 15) is 0 Å². The number of fused-ring (bicyclic) bond motifs is 9. The van der Waals surface area contributed by atoms with Crippen molar-refractivity contribution in [1.82, 2.24) is 4.57 Å². The molecule has 0 radical (unpaired) electrons. The number of rotatable bonds is 5. The Morgan fingerprint density at radius 3 is 1.91 bits per heavy atom. The molecule has 0 fully saturated rings. The molecular weight excluding hydrogens is 697 g/mol. The van der Waals surface area contributed by atoms with Gasteiger partial charge in [-0.2, -0.15) is 0 Å². The lowest BCUT2D eigenvalue weighted by Crippen LogP contribution is -2.16. The van der Waals surface area contributed by atoms with Crippen molar-refractivity contribution in [3.8, 4) is 27.9 Å². The summed E-state index contributed by atoms with van der Waals surface area (Å²) in [6.07, 6.45) is 0. The Hall–Kier alpha value is -6.42. The van der Waals surface area contributed by atoms with E-state index in [-0.39, 0.29) is 5.41 Å². The maximum Gasteiger partial charge on any atom is 0.0541 e. The van der Waals surface area contributed by atoms with Crippen LogP contribution in [-0.4, -0.2) is 4.57 Å². The average Bonchev–Trinajstić information content (AvgIpc) is 3.83. The van der Waals surface area contributed by atoms with Crippen molar-refractivity contribution in [2.45, 2.75) is 33.1 Å². The van der Waals surface area contributed by atoms with Gasteiger partial charge in [-0.3, -0.25) is 0 Å². The molecule has 0 atom stereocenters. The van der Waals surface area contributed by atoms with Gasteiger partial charge in [0.1, 0.15) is 0 Å². The zero-order valence-electron chi connectivity index (χ0n) is 32.0. The quantitative estimate of drug-likeness (QED) is 0.171. The minimum Gasteiger partial charge on any atom is -0.310 e. The molecule has 3 heteroatoms. The van der Waals surface area contributed by atoms with Crippen LogP contribution in [0.1, 0.15) is 36.1 Å². The minimum absolute atomic E-state index is 0.0923. The molecule has 0 unspecified atom stereocenters. The highest BCUT2D eigenvalue weighted by molar-refractivity contribution is 7.25. The molecule has 1 aliphatic rings. The third-order valence-corrected chi connectivity index (χ3v) is 13.2. The molecule has 11 rings (SSSR count). The number of para-hydroxylation sites is 1. The minimum atomic E-state index is -0.0923. The Morgan fingerprint density at radius 1 is 0.446 bits per heavy atom. The van der Waals surface area contributed by atoms with Crippen LogP contribution in [-0.2, 0) is 5.41 Å².